The minimum absolute atomic E-state index is 0. The first-order valence-corrected chi connectivity index (χ1v) is 7.98. The van der Waals surface area contributed by atoms with Gasteiger partial charge in [0, 0.05) is 24.8 Å². The highest BCUT2D eigenvalue weighted by Gasteiger charge is 2.38. The van der Waals surface area contributed by atoms with E-state index in [0.717, 1.165) is 31.7 Å². The Morgan fingerprint density at radius 2 is 1.86 bits per heavy atom. The maximum absolute atomic E-state index is 12.7. The van der Waals surface area contributed by atoms with Crippen molar-refractivity contribution in [2.75, 3.05) is 31.6 Å². The summed E-state index contributed by atoms with van der Waals surface area (Å²) in [7, 11) is 2.02. The maximum Gasteiger partial charge on any atom is 0.244 e. The lowest BCUT2D eigenvalue weighted by Gasteiger charge is -2.35. The Balaban J connectivity index is 0.00000176. The Kier molecular flexibility index (Phi) is 5.84. The minimum Gasteiger partial charge on any atom is -0.316 e. The van der Waals surface area contributed by atoms with Crippen molar-refractivity contribution in [1.82, 2.24) is 10.2 Å². The quantitative estimate of drug-likeness (QED) is 0.926. The van der Waals surface area contributed by atoms with E-state index in [2.05, 4.69) is 41.4 Å². The smallest absolute Gasteiger partial charge is 0.244 e. The summed E-state index contributed by atoms with van der Waals surface area (Å²) in [5.41, 5.74) is 2.27. The summed E-state index contributed by atoms with van der Waals surface area (Å²) in [5, 5.41) is 3.35. The van der Waals surface area contributed by atoms with Gasteiger partial charge in [0.1, 0.15) is 0 Å². The van der Waals surface area contributed by atoms with Crippen LogP contribution in [0.2, 0.25) is 0 Å². The van der Waals surface area contributed by atoms with Gasteiger partial charge in [-0.05, 0) is 51.9 Å². The number of carbonyl (C=O) groups excluding carboxylic acids is 1. The second-order valence-electron chi connectivity index (χ2n) is 6.25. The van der Waals surface area contributed by atoms with Crippen LogP contribution in [0.5, 0.6) is 0 Å². The molecule has 2 aliphatic heterocycles. The fourth-order valence-corrected chi connectivity index (χ4v) is 3.51. The first-order chi connectivity index (χ1) is 10.2. The molecular formula is C17H26ClN3O. The summed E-state index contributed by atoms with van der Waals surface area (Å²) in [5.74, 6) is 0.274. The van der Waals surface area contributed by atoms with E-state index in [1.54, 1.807) is 0 Å². The lowest BCUT2D eigenvalue weighted by molar-refractivity contribution is -0.122. The van der Waals surface area contributed by atoms with Crippen LogP contribution in [0.15, 0.2) is 24.3 Å². The topological polar surface area (TPSA) is 35.6 Å². The number of likely N-dealkylation sites (tertiary alicyclic amines) is 1. The van der Waals surface area contributed by atoms with Gasteiger partial charge in [0.15, 0.2) is 0 Å². The molecule has 1 amide bonds. The molecule has 1 aromatic carbocycles. The summed E-state index contributed by atoms with van der Waals surface area (Å²) in [6.45, 7) is 4.96. The first kappa shape index (κ1) is 17.3. The normalized spacial score (nSPS) is 26.1. The molecule has 2 fully saturated rings. The largest absolute Gasteiger partial charge is 0.316 e. The zero-order valence-corrected chi connectivity index (χ0v) is 14.2. The van der Waals surface area contributed by atoms with Gasteiger partial charge in [-0.15, -0.1) is 12.4 Å². The predicted octanol–water partition coefficient (Wildman–Crippen LogP) is 2.21. The molecule has 5 heteroatoms. The van der Waals surface area contributed by atoms with Gasteiger partial charge in [-0.3, -0.25) is 9.69 Å². The number of piperidine rings is 1. The lowest BCUT2D eigenvalue weighted by Crippen LogP contribution is -2.51. The molecule has 3 rings (SSSR count). The molecule has 0 aliphatic carbocycles. The number of amides is 1. The van der Waals surface area contributed by atoms with Crippen LogP contribution in [0.1, 0.15) is 24.8 Å². The number of benzene rings is 1. The van der Waals surface area contributed by atoms with Crippen LogP contribution in [0.3, 0.4) is 0 Å². The van der Waals surface area contributed by atoms with Gasteiger partial charge in [0.05, 0.1) is 6.04 Å². The van der Waals surface area contributed by atoms with Crippen molar-refractivity contribution in [3.63, 3.8) is 0 Å². The molecule has 0 spiro atoms. The second-order valence-corrected chi connectivity index (χ2v) is 6.25. The molecule has 122 valence electrons. The van der Waals surface area contributed by atoms with E-state index in [1.807, 2.05) is 11.9 Å². The second kappa shape index (κ2) is 7.44. The fourth-order valence-electron chi connectivity index (χ4n) is 3.51. The molecular weight excluding hydrogens is 298 g/mol. The molecule has 0 saturated carbocycles. The van der Waals surface area contributed by atoms with Crippen molar-refractivity contribution in [3.8, 4) is 0 Å². The summed E-state index contributed by atoms with van der Waals surface area (Å²) in [6, 6.07) is 8.87. The first-order valence-electron chi connectivity index (χ1n) is 7.98. The number of halogens is 1. The van der Waals surface area contributed by atoms with E-state index in [-0.39, 0.29) is 24.4 Å². The maximum atomic E-state index is 12.7. The molecule has 4 nitrogen and oxygen atoms in total. The Morgan fingerprint density at radius 1 is 1.14 bits per heavy atom. The van der Waals surface area contributed by atoms with Crippen LogP contribution in [0, 0.1) is 6.92 Å². The lowest BCUT2D eigenvalue weighted by atomic mass is 10.0. The van der Waals surface area contributed by atoms with Gasteiger partial charge in [0.2, 0.25) is 5.91 Å². The van der Waals surface area contributed by atoms with Gasteiger partial charge in [-0.2, -0.15) is 0 Å². The molecule has 2 atom stereocenters. The Bertz CT molecular complexity index is 505. The summed E-state index contributed by atoms with van der Waals surface area (Å²) >= 11 is 0. The average molecular weight is 324 g/mol. The number of hydrogen-bond acceptors (Lipinski definition) is 3. The van der Waals surface area contributed by atoms with Crippen molar-refractivity contribution in [1.29, 1.82) is 0 Å². The van der Waals surface area contributed by atoms with Crippen molar-refractivity contribution in [2.45, 2.75) is 38.3 Å². The number of anilines is 1. The van der Waals surface area contributed by atoms with Gasteiger partial charge in [-0.25, -0.2) is 0 Å². The molecule has 2 saturated heterocycles. The number of nitrogens with zero attached hydrogens (tertiary/aromatic N) is 2. The van der Waals surface area contributed by atoms with Gasteiger partial charge in [0.25, 0.3) is 0 Å². The van der Waals surface area contributed by atoms with Crippen LogP contribution in [0.25, 0.3) is 0 Å². The number of carbonyl (C=O) groups is 1. The molecule has 0 radical (unpaired) electrons. The summed E-state index contributed by atoms with van der Waals surface area (Å²) < 4.78 is 0. The van der Waals surface area contributed by atoms with Gasteiger partial charge in [-0.1, -0.05) is 17.7 Å². The van der Waals surface area contributed by atoms with E-state index in [9.17, 15) is 4.79 Å². The predicted molar refractivity (Wildman–Crippen MR) is 92.8 cm³/mol. The number of rotatable bonds is 3. The number of likely N-dealkylation sites (N-methyl/N-ethyl adjacent to an activating group) is 1. The van der Waals surface area contributed by atoms with Crippen LogP contribution < -0.4 is 10.2 Å². The van der Waals surface area contributed by atoms with Crippen molar-refractivity contribution >= 4 is 24.0 Å². The Morgan fingerprint density at radius 3 is 2.55 bits per heavy atom. The van der Waals surface area contributed by atoms with E-state index in [1.165, 1.54) is 18.4 Å². The third-order valence-electron chi connectivity index (χ3n) is 4.82. The van der Waals surface area contributed by atoms with Crippen LogP contribution in [-0.2, 0) is 4.79 Å². The summed E-state index contributed by atoms with van der Waals surface area (Å²) in [6.07, 6.45) is 3.35. The highest BCUT2D eigenvalue weighted by Crippen LogP contribution is 2.26. The summed E-state index contributed by atoms with van der Waals surface area (Å²) in [4.78, 5) is 17.1. The number of hydrogen-bond donors (Lipinski definition) is 1. The van der Waals surface area contributed by atoms with Crippen LogP contribution in [-0.4, -0.2) is 49.6 Å². The third kappa shape index (κ3) is 3.45. The monoisotopic (exact) mass is 323 g/mol. The Hall–Kier alpha value is -1.10. The standard InChI is InChI=1S/C17H25N3O.ClH/c1-13-5-7-15(8-6-13)20-11-9-16(17(20)21)19-10-3-4-14(12-19)18-2;/h5-8,14,16,18H,3-4,9-12H2,1-2H3;1H. The van der Waals surface area contributed by atoms with Crippen LogP contribution in [0.4, 0.5) is 5.69 Å². The molecule has 0 aromatic heterocycles. The molecule has 2 aliphatic rings. The van der Waals surface area contributed by atoms with Gasteiger partial charge < -0.3 is 10.2 Å². The number of aryl methyl sites for hydroxylation is 1. The van der Waals surface area contributed by atoms with E-state index >= 15 is 0 Å². The van der Waals surface area contributed by atoms with Crippen molar-refractivity contribution in [2.24, 2.45) is 0 Å². The minimum atomic E-state index is 0. The van der Waals surface area contributed by atoms with Gasteiger partial charge >= 0.3 is 0 Å². The molecule has 22 heavy (non-hydrogen) atoms. The highest BCUT2D eigenvalue weighted by atomic mass is 35.5. The average Bonchev–Trinajstić information content (AvgIpc) is 2.90. The molecule has 2 unspecified atom stereocenters. The van der Waals surface area contributed by atoms with E-state index in [0.29, 0.717) is 6.04 Å². The highest BCUT2D eigenvalue weighted by molar-refractivity contribution is 5.99. The van der Waals surface area contributed by atoms with E-state index in [4.69, 9.17) is 0 Å². The van der Waals surface area contributed by atoms with Crippen molar-refractivity contribution < 1.29 is 4.79 Å². The molecule has 2 heterocycles. The Labute approximate surface area is 139 Å². The number of nitrogens with one attached hydrogen (secondary N) is 1. The van der Waals surface area contributed by atoms with Crippen LogP contribution >= 0.6 is 12.4 Å². The molecule has 1 N–H and O–H groups in total. The SMILES string of the molecule is CNC1CCCN(C2CCN(c3ccc(C)cc3)C2=O)C1.Cl. The molecule has 0 bridgehead atoms. The molecule has 1 aromatic rings. The zero-order valence-electron chi connectivity index (χ0n) is 13.4. The van der Waals surface area contributed by atoms with E-state index < -0.39 is 0 Å². The third-order valence-corrected chi connectivity index (χ3v) is 4.82. The fraction of sp³-hybridized carbons (Fsp3) is 0.588. The van der Waals surface area contributed by atoms with Crippen molar-refractivity contribution in [3.05, 3.63) is 29.8 Å². The zero-order chi connectivity index (χ0) is 14.8.